The van der Waals surface area contributed by atoms with Crippen LogP contribution in [0.1, 0.15) is 13.3 Å². The van der Waals surface area contributed by atoms with Gasteiger partial charge in [0, 0.05) is 6.42 Å². The molecule has 5 heteroatoms. The van der Waals surface area contributed by atoms with Crippen molar-refractivity contribution < 1.29 is 14.3 Å². The van der Waals surface area contributed by atoms with Gasteiger partial charge in [0.05, 0.1) is 6.61 Å². The number of nitrogens with two attached hydrogens (primary N) is 1. The van der Waals surface area contributed by atoms with Crippen molar-refractivity contribution in [2.24, 2.45) is 5.73 Å². The Bertz CT molecular complexity index is 160. The first kappa shape index (κ1) is 10.7. The molecule has 0 heterocycles. The van der Waals surface area contributed by atoms with Crippen molar-refractivity contribution in [3.8, 4) is 0 Å². The predicted octanol–water partition coefficient (Wildman–Crippen LogP) is 0.229. The van der Waals surface area contributed by atoms with Gasteiger partial charge in [-0.2, -0.15) is 0 Å². The van der Waals surface area contributed by atoms with Crippen molar-refractivity contribution in [1.82, 2.24) is 0 Å². The van der Waals surface area contributed by atoms with Gasteiger partial charge in [0.25, 0.3) is 0 Å². The summed E-state index contributed by atoms with van der Waals surface area (Å²) in [5.41, 5.74) is 4.88. The number of hydrogen-bond donors (Lipinski definition) is 1. The third-order valence-corrected chi connectivity index (χ3v) is 1.87. The van der Waals surface area contributed by atoms with Crippen LogP contribution in [0.5, 0.6) is 0 Å². The lowest BCUT2D eigenvalue weighted by atomic mass is 10.3. The third-order valence-electron chi connectivity index (χ3n) is 0.923. The van der Waals surface area contributed by atoms with Gasteiger partial charge >= 0.3 is 5.97 Å². The molecule has 1 amide bonds. The van der Waals surface area contributed by atoms with Crippen LogP contribution in [0.4, 0.5) is 0 Å². The van der Waals surface area contributed by atoms with Crippen LogP contribution in [-0.2, 0) is 14.3 Å². The fourth-order valence-corrected chi connectivity index (χ4v) is 1.11. The van der Waals surface area contributed by atoms with Gasteiger partial charge in [-0.3, -0.25) is 9.59 Å². The largest absolute Gasteiger partial charge is 0.465 e. The summed E-state index contributed by atoms with van der Waals surface area (Å²) in [6, 6.07) is 0. The molecule has 64 valence electrons. The smallest absolute Gasteiger partial charge is 0.319 e. The van der Waals surface area contributed by atoms with Crippen molar-refractivity contribution in [2.45, 2.75) is 17.3 Å². The highest BCUT2D eigenvalue weighted by atomic mass is 127. The Morgan fingerprint density at radius 1 is 1.64 bits per heavy atom. The monoisotopic (exact) mass is 271 g/mol. The molecule has 0 fully saturated rings. The summed E-state index contributed by atoms with van der Waals surface area (Å²) >= 11 is 1.83. The van der Waals surface area contributed by atoms with Gasteiger partial charge in [-0.05, 0) is 6.92 Å². The molecule has 0 aromatic carbocycles. The van der Waals surface area contributed by atoms with Crippen molar-refractivity contribution in [3.63, 3.8) is 0 Å². The van der Waals surface area contributed by atoms with E-state index in [9.17, 15) is 9.59 Å². The zero-order valence-electron chi connectivity index (χ0n) is 6.17. The molecule has 0 radical (unpaired) electrons. The molecule has 0 aromatic rings. The maximum Gasteiger partial charge on any atom is 0.319 e. The Morgan fingerprint density at radius 2 is 2.18 bits per heavy atom. The van der Waals surface area contributed by atoms with E-state index in [1.54, 1.807) is 6.92 Å². The van der Waals surface area contributed by atoms with Crippen LogP contribution >= 0.6 is 22.6 Å². The van der Waals surface area contributed by atoms with Gasteiger partial charge in [0.1, 0.15) is 3.92 Å². The standard InChI is InChI=1S/C6H10INO3/c1-2-11-6(10)4(7)3-5(8)9/h4H,2-3H2,1H3,(H2,8,9). The topological polar surface area (TPSA) is 69.4 Å². The molecule has 0 aromatic heterocycles. The number of halogens is 1. The minimum atomic E-state index is -0.488. The molecule has 2 N–H and O–H groups in total. The molecule has 1 unspecified atom stereocenters. The summed E-state index contributed by atoms with van der Waals surface area (Å²) in [5, 5.41) is 0. The molecule has 0 rings (SSSR count). The van der Waals surface area contributed by atoms with Gasteiger partial charge in [-0.25, -0.2) is 0 Å². The van der Waals surface area contributed by atoms with E-state index in [0.29, 0.717) is 6.61 Å². The van der Waals surface area contributed by atoms with Crippen molar-refractivity contribution in [1.29, 1.82) is 0 Å². The molecule has 0 bridgehead atoms. The molecule has 4 nitrogen and oxygen atoms in total. The average Bonchev–Trinajstić information content (AvgIpc) is 1.86. The van der Waals surface area contributed by atoms with E-state index in [2.05, 4.69) is 4.74 Å². The first-order valence-electron chi connectivity index (χ1n) is 3.17. The Morgan fingerprint density at radius 3 is 2.55 bits per heavy atom. The summed E-state index contributed by atoms with van der Waals surface area (Å²) in [6.07, 6.45) is 0.0411. The number of rotatable bonds is 4. The molecule has 11 heavy (non-hydrogen) atoms. The van der Waals surface area contributed by atoms with Gasteiger partial charge in [-0.15, -0.1) is 0 Å². The lowest BCUT2D eigenvalue weighted by molar-refractivity contribution is -0.143. The van der Waals surface area contributed by atoms with Crippen LogP contribution in [0.3, 0.4) is 0 Å². The lowest BCUT2D eigenvalue weighted by Gasteiger charge is -2.05. The summed E-state index contributed by atoms with van der Waals surface area (Å²) < 4.78 is 4.20. The molecular weight excluding hydrogens is 261 g/mol. The first-order valence-corrected chi connectivity index (χ1v) is 4.41. The van der Waals surface area contributed by atoms with Crippen molar-refractivity contribution in [3.05, 3.63) is 0 Å². The van der Waals surface area contributed by atoms with Crippen molar-refractivity contribution >= 4 is 34.5 Å². The lowest BCUT2D eigenvalue weighted by Crippen LogP contribution is -2.24. The highest BCUT2D eigenvalue weighted by Crippen LogP contribution is 2.07. The van der Waals surface area contributed by atoms with Crippen LogP contribution in [0.25, 0.3) is 0 Å². The number of primary amides is 1. The van der Waals surface area contributed by atoms with Crippen molar-refractivity contribution in [2.75, 3.05) is 6.61 Å². The zero-order valence-corrected chi connectivity index (χ0v) is 8.33. The predicted molar refractivity (Wildman–Crippen MR) is 48.3 cm³/mol. The molecule has 0 spiro atoms. The fourth-order valence-electron chi connectivity index (χ4n) is 0.493. The molecule has 0 aliphatic rings. The van der Waals surface area contributed by atoms with E-state index in [4.69, 9.17) is 5.73 Å². The minimum absolute atomic E-state index is 0.0411. The van der Waals surface area contributed by atoms with E-state index in [1.807, 2.05) is 22.6 Å². The summed E-state index contributed by atoms with van der Waals surface area (Å²) in [7, 11) is 0. The van der Waals surface area contributed by atoms with Crippen LogP contribution in [0.15, 0.2) is 0 Å². The second-order valence-corrected chi connectivity index (χ2v) is 3.39. The molecule has 1 atom stereocenters. The summed E-state index contributed by atoms with van der Waals surface area (Å²) in [5.74, 6) is -0.871. The number of carbonyl (C=O) groups is 2. The molecule has 0 saturated carbocycles. The quantitative estimate of drug-likeness (QED) is 0.452. The van der Waals surface area contributed by atoms with Crippen LogP contribution < -0.4 is 5.73 Å². The van der Waals surface area contributed by atoms with Crippen LogP contribution in [0, 0.1) is 0 Å². The average molecular weight is 271 g/mol. The number of hydrogen-bond acceptors (Lipinski definition) is 3. The zero-order chi connectivity index (χ0) is 8.85. The number of carbonyl (C=O) groups excluding carboxylic acids is 2. The molecular formula is C6H10INO3. The Labute approximate surface area is 78.6 Å². The normalized spacial score (nSPS) is 12.2. The van der Waals surface area contributed by atoms with E-state index < -0.39 is 9.83 Å². The Hall–Kier alpha value is -0.330. The summed E-state index contributed by atoms with van der Waals surface area (Å²) in [6.45, 7) is 2.04. The van der Waals surface area contributed by atoms with E-state index in [0.717, 1.165) is 0 Å². The molecule has 0 aliphatic heterocycles. The van der Waals surface area contributed by atoms with E-state index in [-0.39, 0.29) is 12.4 Å². The third kappa shape index (κ3) is 5.00. The number of alkyl halides is 1. The highest BCUT2D eigenvalue weighted by Gasteiger charge is 2.17. The SMILES string of the molecule is CCOC(=O)C(I)CC(N)=O. The minimum Gasteiger partial charge on any atom is -0.465 e. The highest BCUT2D eigenvalue weighted by molar-refractivity contribution is 14.1. The molecule has 0 saturated heterocycles. The first-order chi connectivity index (χ1) is 5.07. The summed E-state index contributed by atoms with van der Waals surface area (Å²) in [4.78, 5) is 21.2. The number of amides is 1. The van der Waals surface area contributed by atoms with Crippen LogP contribution in [-0.4, -0.2) is 22.4 Å². The van der Waals surface area contributed by atoms with Gasteiger partial charge in [0.15, 0.2) is 0 Å². The Kier molecular flexibility index (Phi) is 5.18. The number of esters is 1. The van der Waals surface area contributed by atoms with E-state index >= 15 is 0 Å². The maximum absolute atomic E-state index is 10.8. The van der Waals surface area contributed by atoms with Gasteiger partial charge < -0.3 is 10.5 Å². The fraction of sp³-hybridized carbons (Fsp3) is 0.667. The van der Waals surface area contributed by atoms with Gasteiger partial charge in [0.2, 0.25) is 5.91 Å². The maximum atomic E-state index is 10.8. The van der Waals surface area contributed by atoms with E-state index in [1.165, 1.54) is 0 Å². The number of ether oxygens (including phenoxy) is 1. The second kappa shape index (κ2) is 5.34. The Balaban J connectivity index is 3.73. The second-order valence-electron chi connectivity index (χ2n) is 1.89. The molecule has 0 aliphatic carbocycles. The van der Waals surface area contributed by atoms with Crippen LogP contribution in [0.2, 0.25) is 0 Å². The van der Waals surface area contributed by atoms with Gasteiger partial charge in [-0.1, -0.05) is 22.6 Å².